The van der Waals surface area contributed by atoms with Crippen molar-refractivity contribution in [2.24, 2.45) is 5.92 Å². The molecule has 0 aliphatic heterocycles. The van der Waals surface area contributed by atoms with Gasteiger partial charge in [-0.3, -0.25) is 0 Å². The van der Waals surface area contributed by atoms with Crippen molar-refractivity contribution in [3.8, 4) is 0 Å². The number of hydrogen-bond donors (Lipinski definition) is 2. The number of ether oxygens (including phenoxy) is 1. The average Bonchev–Trinajstić information content (AvgIpc) is 2.85. The molecule has 0 aromatic carbocycles. The molecule has 1 aliphatic rings. The Labute approximate surface area is 125 Å². The Morgan fingerprint density at radius 3 is 2.60 bits per heavy atom. The average molecular weight is 285 g/mol. The third kappa shape index (κ3) is 8.23. The van der Waals surface area contributed by atoms with Crippen molar-refractivity contribution in [1.82, 2.24) is 5.32 Å². The maximum atomic E-state index is 9.88. The standard InChI is InChI=1S/C17H35NO2/c1-3-4-5-6-7-8-12-20-14-16(19)13-18-17-11-9-10-15(17)2/h15-19H,3-14H2,1-2H3. The number of aliphatic hydroxyl groups is 1. The highest BCUT2D eigenvalue weighted by atomic mass is 16.5. The normalized spacial score (nSPS) is 24.1. The van der Waals surface area contributed by atoms with Crippen LogP contribution in [0.25, 0.3) is 0 Å². The van der Waals surface area contributed by atoms with E-state index in [1.165, 1.54) is 51.4 Å². The lowest BCUT2D eigenvalue weighted by Gasteiger charge is -2.19. The van der Waals surface area contributed by atoms with Gasteiger partial charge in [-0.25, -0.2) is 0 Å². The molecule has 0 bridgehead atoms. The van der Waals surface area contributed by atoms with Crippen molar-refractivity contribution in [2.75, 3.05) is 19.8 Å². The van der Waals surface area contributed by atoms with Gasteiger partial charge in [0.25, 0.3) is 0 Å². The molecule has 0 spiro atoms. The Kier molecular flexibility index (Phi) is 10.3. The van der Waals surface area contributed by atoms with Crippen LogP contribution in [0.3, 0.4) is 0 Å². The maximum Gasteiger partial charge on any atom is 0.0897 e. The molecule has 3 atom stereocenters. The van der Waals surface area contributed by atoms with E-state index < -0.39 is 0 Å². The zero-order chi connectivity index (χ0) is 14.6. The fourth-order valence-corrected chi connectivity index (χ4v) is 3.00. The zero-order valence-electron chi connectivity index (χ0n) is 13.6. The molecule has 1 aliphatic carbocycles. The minimum Gasteiger partial charge on any atom is -0.389 e. The van der Waals surface area contributed by atoms with Crippen LogP contribution in [0.15, 0.2) is 0 Å². The molecule has 0 radical (unpaired) electrons. The summed E-state index contributed by atoms with van der Waals surface area (Å²) in [6.45, 7) is 6.48. The summed E-state index contributed by atoms with van der Waals surface area (Å²) in [5, 5.41) is 13.4. The van der Waals surface area contributed by atoms with Gasteiger partial charge < -0.3 is 15.2 Å². The minimum absolute atomic E-state index is 0.358. The maximum absolute atomic E-state index is 9.88. The van der Waals surface area contributed by atoms with Gasteiger partial charge in [-0.05, 0) is 25.2 Å². The van der Waals surface area contributed by atoms with E-state index in [1.807, 2.05) is 0 Å². The smallest absolute Gasteiger partial charge is 0.0897 e. The molecule has 1 fully saturated rings. The van der Waals surface area contributed by atoms with E-state index in [0.29, 0.717) is 19.2 Å². The van der Waals surface area contributed by atoms with Gasteiger partial charge in [-0.2, -0.15) is 0 Å². The van der Waals surface area contributed by atoms with E-state index >= 15 is 0 Å². The van der Waals surface area contributed by atoms with Crippen LogP contribution in [0.1, 0.15) is 71.6 Å². The molecule has 3 heteroatoms. The van der Waals surface area contributed by atoms with Crippen LogP contribution in [0.2, 0.25) is 0 Å². The summed E-state index contributed by atoms with van der Waals surface area (Å²) in [5.74, 6) is 0.756. The molecule has 0 aromatic rings. The first-order valence-electron chi connectivity index (χ1n) is 8.73. The lowest BCUT2D eigenvalue weighted by atomic mass is 10.1. The Hall–Kier alpha value is -0.120. The first-order valence-corrected chi connectivity index (χ1v) is 8.73. The number of nitrogens with one attached hydrogen (secondary N) is 1. The lowest BCUT2D eigenvalue weighted by molar-refractivity contribution is 0.0336. The highest BCUT2D eigenvalue weighted by Crippen LogP contribution is 2.24. The molecule has 3 nitrogen and oxygen atoms in total. The fourth-order valence-electron chi connectivity index (χ4n) is 3.00. The summed E-state index contributed by atoms with van der Waals surface area (Å²) in [6.07, 6.45) is 11.3. The molecule has 20 heavy (non-hydrogen) atoms. The second-order valence-electron chi connectivity index (χ2n) is 6.42. The summed E-state index contributed by atoms with van der Waals surface area (Å²) in [6, 6.07) is 0.600. The van der Waals surface area contributed by atoms with Gasteiger partial charge in [-0.1, -0.05) is 52.4 Å². The van der Waals surface area contributed by atoms with Gasteiger partial charge in [0.1, 0.15) is 0 Å². The fraction of sp³-hybridized carbons (Fsp3) is 1.00. The molecule has 1 saturated carbocycles. The van der Waals surface area contributed by atoms with E-state index in [0.717, 1.165) is 18.9 Å². The summed E-state index contributed by atoms with van der Waals surface area (Å²) in [5.41, 5.74) is 0. The van der Waals surface area contributed by atoms with Gasteiger partial charge in [0, 0.05) is 19.2 Å². The highest BCUT2D eigenvalue weighted by molar-refractivity contribution is 4.80. The van der Waals surface area contributed by atoms with Crippen LogP contribution in [0.5, 0.6) is 0 Å². The minimum atomic E-state index is -0.358. The number of aliphatic hydroxyl groups excluding tert-OH is 1. The van der Waals surface area contributed by atoms with Crippen LogP contribution < -0.4 is 5.32 Å². The van der Waals surface area contributed by atoms with Crippen molar-refractivity contribution in [3.05, 3.63) is 0 Å². The predicted molar refractivity (Wildman–Crippen MR) is 85.0 cm³/mol. The van der Waals surface area contributed by atoms with Crippen molar-refractivity contribution < 1.29 is 9.84 Å². The van der Waals surface area contributed by atoms with Crippen LogP contribution in [0, 0.1) is 5.92 Å². The molecule has 1 rings (SSSR count). The first kappa shape index (κ1) is 17.9. The van der Waals surface area contributed by atoms with Crippen molar-refractivity contribution in [3.63, 3.8) is 0 Å². The molecule has 3 unspecified atom stereocenters. The Bertz CT molecular complexity index is 223. The predicted octanol–water partition coefficient (Wildman–Crippen LogP) is 3.50. The lowest BCUT2D eigenvalue weighted by Crippen LogP contribution is -2.38. The molecule has 2 N–H and O–H groups in total. The Morgan fingerprint density at radius 1 is 1.15 bits per heavy atom. The van der Waals surface area contributed by atoms with E-state index in [-0.39, 0.29) is 6.10 Å². The topological polar surface area (TPSA) is 41.5 Å². The van der Waals surface area contributed by atoms with Crippen LogP contribution in [-0.2, 0) is 4.74 Å². The van der Waals surface area contributed by atoms with Gasteiger partial charge in [-0.15, -0.1) is 0 Å². The monoisotopic (exact) mass is 285 g/mol. The summed E-state index contributed by atoms with van der Waals surface area (Å²) >= 11 is 0. The number of unbranched alkanes of at least 4 members (excludes halogenated alkanes) is 5. The summed E-state index contributed by atoms with van der Waals surface area (Å²) in [7, 11) is 0. The van der Waals surface area contributed by atoms with Crippen molar-refractivity contribution in [2.45, 2.75) is 83.8 Å². The quantitative estimate of drug-likeness (QED) is 0.539. The molecule has 0 aromatic heterocycles. The molecular weight excluding hydrogens is 250 g/mol. The third-order valence-electron chi connectivity index (χ3n) is 4.43. The Morgan fingerprint density at radius 2 is 1.90 bits per heavy atom. The van der Waals surface area contributed by atoms with Crippen LogP contribution >= 0.6 is 0 Å². The second kappa shape index (κ2) is 11.5. The van der Waals surface area contributed by atoms with Crippen LogP contribution in [-0.4, -0.2) is 37.0 Å². The van der Waals surface area contributed by atoms with Gasteiger partial charge in [0.05, 0.1) is 12.7 Å². The molecule has 0 heterocycles. The molecular formula is C17H35NO2. The van der Waals surface area contributed by atoms with Crippen molar-refractivity contribution in [1.29, 1.82) is 0 Å². The first-order chi connectivity index (χ1) is 9.74. The number of rotatable bonds is 12. The van der Waals surface area contributed by atoms with E-state index in [2.05, 4.69) is 19.2 Å². The highest BCUT2D eigenvalue weighted by Gasteiger charge is 2.23. The SMILES string of the molecule is CCCCCCCCOCC(O)CNC1CCCC1C. The van der Waals surface area contributed by atoms with E-state index in [4.69, 9.17) is 4.74 Å². The molecule has 0 amide bonds. The third-order valence-corrected chi connectivity index (χ3v) is 4.43. The van der Waals surface area contributed by atoms with Crippen molar-refractivity contribution >= 4 is 0 Å². The summed E-state index contributed by atoms with van der Waals surface area (Å²) in [4.78, 5) is 0. The van der Waals surface area contributed by atoms with E-state index in [1.54, 1.807) is 0 Å². The van der Waals surface area contributed by atoms with E-state index in [9.17, 15) is 5.11 Å². The summed E-state index contributed by atoms with van der Waals surface area (Å²) < 4.78 is 5.55. The van der Waals surface area contributed by atoms with Gasteiger partial charge in [0.2, 0.25) is 0 Å². The van der Waals surface area contributed by atoms with Gasteiger partial charge >= 0.3 is 0 Å². The van der Waals surface area contributed by atoms with Crippen LogP contribution in [0.4, 0.5) is 0 Å². The molecule has 0 saturated heterocycles. The second-order valence-corrected chi connectivity index (χ2v) is 6.42. The van der Waals surface area contributed by atoms with Gasteiger partial charge in [0.15, 0.2) is 0 Å². The molecule has 120 valence electrons. The Balaban J connectivity index is 1.86. The number of hydrogen-bond acceptors (Lipinski definition) is 3. The zero-order valence-corrected chi connectivity index (χ0v) is 13.6. The largest absolute Gasteiger partial charge is 0.389 e.